The van der Waals surface area contributed by atoms with Crippen LogP contribution >= 0.6 is 0 Å². The highest BCUT2D eigenvalue weighted by molar-refractivity contribution is 5.92. The molecule has 0 fully saturated rings. The van der Waals surface area contributed by atoms with Crippen molar-refractivity contribution in [3.8, 4) is 11.8 Å². The summed E-state index contributed by atoms with van der Waals surface area (Å²) in [6.45, 7) is 0.461. The van der Waals surface area contributed by atoms with Gasteiger partial charge < -0.3 is 10.1 Å². The molecule has 0 aliphatic carbocycles. The first-order valence-electron chi connectivity index (χ1n) is 6.06. The van der Waals surface area contributed by atoms with Gasteiger partial charge in [0.25, 0.3) is 0 Å². The summed E-state index contributed by atoms with van der Waals surface area (Å²) in [7, 11) is 0. The molecule has 0 atom stereocenters. The zero-order chi connectivity index (χ0) is 14.2. The summed E-state index contributed by atoms with van der Waals surface area (Å²) in [6, 6.07) is 12.6. The van der Waals surface area contributed by atoms with Crippen molar-refractivity contribution in [1.82, 2.24) is 4.98 Å². The minimum atomic E-state index is -0.321. The van der Waals surface area contributed by atoms with E-state index in [2.05, 4.69) is 10.3 Å². The molecule has 2 aromatic rings. The lowest BCUT2D eigenvalue weighted by Gasteiger charge is -2.07. The van der Waals surface area contributed by atoms with Gasteiger partial charge in [-0.3, -0.25) is 9.78 Å². The Hall–Kier alpha value is -2.87. The Morgan fingerprint density at radius 1 is 1.20 bits per heavy atom. The molecular weight excluding hydrogens is 254 g/mol. The molecule has 0 bridgehead atoms. The van der Waals surface area contributed by atoms with E-state index in [4.69, 9.17) is 10.00 Å². The van der Waals surface area contributed by atoms with E-state index in [-0.39, 0.29) is 12.3 Å². The Bertz CT molecular complexity index is 603. The number of amides is 1. The minimum absolute atomic E-state index is 0.152. The zero-order valence-corrected chi connectivity index (χ0v) is 10.7. The summed E-state index contributed by atoms with van der Waals surface area (Å²) >= 11 is 0. The molecule has 0 saturated heterocycles. The van der Waals surface area contributed by atoms with Gasteiger partial charge in [0.05, 0.1) is 6.07 Å². The third-order valence-corrected chi connectivity index (χ3v) is 2.53. The molecular formula is C15H13N3O2. The topological polar surface area (TPSA) is 75.0 Å². The Morgan fingerprint density at radius 2 is 1.90 bits per heavy atom. The number of carbonyl (C=O) groups is 1. The van der Waals surface area contributed by atoms with E-state index in [0.717, 1.165) is 5.56 Å². The monoisotopic (exact) mass is 267 g/mol. The number of ether oxygens (including phenoxy) is 1. The molecule has 0 aliphatic heterocycles. The minimum Gasteiger partial charge on any atom is -0.489 e. The largest absolute Gasteiger partial charge is 0.489 e. The lowest BCUT2D eigenvalue weighted by Crippen LogP contribution is -2.09. The Balaban J connectivity index is 1.89. The average Bonchev–Trinajstić information content (AvgIpc) is 2.48. The first-order chi connectivity index (χ1) is 9.78. The van der Waals surface area contributed by atoms with Gasteiger partial charge in [-0.25, -0.2) is 0 Å². The molecule has 100 valence electrons. The number of aromatic nitrogens is 1. The summed E-state index contributed by atoms with van der Waals surface area (Å²) in [5.74, 6) is 0.387. The first kappa shape index (κ1) is 13.6. The number of hydrogen-bond donors (Lipinski definition) is 1. The quantitative estimate of drug-likeness (QED) is 0.903. The predicted octanol–water partition coefficient (Wildman–Crippen LogP) is 2.51. The lowest BCUT2D eigenvalue weighted by atomic mass is 10.2. The molecule has 0 unspecified atom stereocenters. The Morgan fingerprint density at radius 3 is 2.55 bits per heavy atom. The van der Waals surface area contributed by atoms with Crippen LogP contribution in [0, 0.1) is 11.3 Å². The highest BCUT2D eigenvalue weighted by Crippen LogP contribution is 2.17. The molecule has 1 aromatic heterocycles. The molecule has 0 aliphatic rings. The van der Waals surface area contributed by atoms with E-state index < -0.39 is 0 Å². The van der Waals surface area contributed by atoms with Crippen LogP contribution in [0.25, 0.3) is 0 Å². The summed E-state index contributed by atoms with van der Waals surface area (Å²) in [5.41, 5.74) is 1.67. The standard InChI is InChI=1S/C15H13N3O2/c16-8-5-15(19)18-13-1-3-14(4-2-13)20-11-12-6-9-17-10-7-12/h1-4,6-7,9-10H,5,11H2,(H,18,19). The van der Waals surface area contributed by atoms with Crippen LogP contribution in [0.1, 0.15) is 12.0 Å². The fraction of sp³-hybridized carbons (Fsp3) is 0.133. The number of hydrogen-bond acceptors (Lipinski definition) is 4. The van der Waals surface area contributed by atoms with Gasteiger partial charge in [-0.15, -0.1) is 0 Å². The second-order valence-corrected chi connectivity index (χ2v) is 4.05. The average molecular weight is 267 g/mol. The van der Waals surface area contributed by atoms with Crippen molar-refractivity contribution in [2.24, 2.45) is 0 Å². The fourth-order valence-corrected chi connectivity index (χ4v) is 1.56. The van der Waals surface area contributed by atoms with E-state index >= 15 is 0 Å². The van der Waals surface area contributed by atoms with E-state index in [1.54, 1.807) is 42.7 Å². The summed E-state index contributed by atoms with van der Waals surface area (Å²) < 4.78 is 5.61. The maximum atomic E-state index is 11.2. The van der Waals surface area contributed by atoms with Crippen molar-refractivity contribution in [3.05, 3.63) is 54.4 Å². The maximum absolute atomic E-state index is 11.2. The number of nitriles is 1. The van der Waals surface area contributed by atoms with Crippen LogP contribution < -0.4 is 10.1 Å². The van der Waals surface area contributed by atoms with E-state index in [1.807, 2.05) is 12.1 Å². The maximum Gasteiger partial charge on any atom is 0.238 e. The van der Waals surface area contributed by atoms with E-state index in [9.17, 15) is 4.79 Å². The molecule has 0 saturated carbocycles. The summed E-state index contributed by atoms with van der Waals surface area (Å²) in [4.78, 5) is 15.2. The van der Waals surface area contributed by atoms with Crippen LogP contribution in [0.4, 0.5) is 5.69 Å². The molecule has 1 heterocycles. The molecule has 5 nitrogen and oxygen atoms in total. The van der Waals surface area contributed by atoms with Gasteiger partial charge in [0, 0.05) is 18.1 Å². The molecule has 1 N–H and O–H groups in total. The normalized spacial score (nSPS) is 9.55. The molecule has 2 rings (SSSR count). The summed E-state index contributed by atoms with van der Waals surface area (Å²) in [6.07, 6.45) is 3.28. The van der Waals surface area contributed by atoms with Crippen LogP contribution in [0.5, 0.6) is 5.75 Å². The number of pyridine rings is 1. The van der Waals surface area contributed by atoms with Crippen molar-refractivity contribution in [2.45, 2.75) is 13.0 Å². The molecule has 1 aromatic carbocycles. The Kier molecular flexibility index (Phi) is 4.68. The highest BCUT2D eigenvalue weighted by Gasteiger charge is 2.01. The second kappa shape index (κ2) is 6.90. The number of benzene rings is 1. The van der Waals surface area contributed by atoms with Crippen LogP contribution in [0.3, 0.4) is 0 Å². The third-order valence-electron chi connectivity index (χ3n) is 2.53. The van der Waals surface area contributed by atoms with Crippen LogP contribution in [0.15, 0.2) is 48.8 Å². The predicted molar refractivity (Wildman–Crippen MR) is 73.9 cm³/mol. The van der Waals surface area contributed by atoms with Crippen molar-refractivity contribution in [3.63, 3.8) is 0 Å². The van der Waals surface area contributed by atoms with Gasteiger partial charge in [-0.1, -0.05) is 0 Å². The van der Waals surface area contributed by atoms with Crippen LogP contribution in [-0.2, 0) is 11.4 Å². The zero-order valence-electron chi connectivity index (χ0n) is 10.7. The van der Waals surface area contributed by atoms with Gasteiger partial charge >= 0.3 is 0 Å². The smallest absolute Gasteiger partial charge is 0.238 e. The SMILES string of the molecule is N#CCC(=O)Nc1ccc(OCc2ccncc2)cc1. The molecule has 1 amide bonds. The number of nitrogens with zero attached hydrogens (tertiary/aromatic N) is 2. The highest BCUT2D eigenvalue weighted by atomic mass is 16.5. The van der Waals surface area contributed by atoms with Gasteiger partial charge in [-0.05, 0) is 42.0 Å². The van der Waals surface area contributed by atoms with Gasteiger partial charge in [-0.2, -0.15) is 5.26 Å². The van der Waals surface area contributed by atoms with Gasteiger partial charge in [0.15, 0.2) is 0 Å². The second-order valence-electron chi connectivity index (χ2n) is 4.05. The van der Waals surface area contributed by atoms with Crippen molar-refractivity contribution in [2.75, 3.05) is 5.32 Å². The molecule has 5 heteroatoms. The van der Waals surface area contributed by atoms with E-state index in [0.29, 0.717) is 18.0 Å². The fourth-order valence-electron chi connectivity index (χ4n) is 1.56. The van der Waals surface area contributed by atoms with E-state index in [1.165, 1.54) is 0 Å². The van der Waals surface area contributed by atoms with Crippen molar-refractivity contribution < 1.29 is 9.53 Å². The van der Waals surface area contributed by atoms with Crippen molar-refractivity contribution in [1.29, 1.82) is 5.26 Å². The molecule has 0 radical (unpaired) electrons. The third kappa shape index (κ3) is 4.10. The summed E-state index contributed by atoms with van der Waals surface area (Å²) in [5, 5.41) is 11.0. The van der Waals surface area contributed by atoms with Gasteiger partial charge in [0.1, 0.15) is 18.8 Å². The molecule has 0 spiro atoms. The Labute approximate surface area is 116 Å². The number of anilines is 1. The van der Waals surface area contributed by atoms with Crippen LogP contribution in [0.2, 0.25) is 0 Å². The number of carbonyl (C=O) groups excluding carboxylic acids is 1. The number of rotatable bonds is 5. The lowest BCUT2D eigenvalue weighted by molar-refractivity contribution is -0.115. The number of nitrogens with one attached hydrogen (secondary N) is 1. The molecule has 20 heavy (non-hydrogen) atoms. The van der Waals surface area contributed by atoms with Gasteiger partial charge in [0.2, 0.25) is 5.91 Å². The van der Waals surface area contributed by atoms with Crippen LogP contribution in [-0.4, -0.2) is 10.9 Å². The van der Waals surface area contributed by atoms with Crippen molar-refractivity contribution >= 4 is 11.6 Å². The first-order valence-corrected chi connectivity index (χ1v) is 6.06.